The molecule has 0 saturated heterocycles. The van der Waals surface area contributed by atoms with E-state index in [-0.39, 0.29) is 6.04 Å². The largest absolute Gasteiger partial charge is 0.385 e. The molecule has 0 amide bonds. The lowest BCUT2D eigenvalue weighted by atomic mass is 9.98. The summed E-state index contributed by atoms with van der Waals surface area (Å²) in [5.74, 6) is 2.93. The Kier molecular flexibility index (Phi) is 4.91. The van der Waals surface area contributed by atoms with Gasteiger partial charge in [0.25, 0.3) is 0 Å². The first-order valence-electron chi connectivity index (χ1n) is 6.16. The minimum atomic E-state index is 0.172. The summed E-state index contributed by atoms with van der Waals surface area (Å²) in [4.78, 5) is 2.93. The number of ether oxygens (including phenoxy) is 1. The number of thiophene rings is 1. The highest BCUT2D eigenvalue weighted by molar-refractivity contribution is 7.98. The molecular weight excluding hydrogens is 250 g/mol. The van der Waals surface area contributed by atoms with Gasteiger partial charge in [-0.25, -0.2) is 0 Å². The van der Waals surface area contributed by atoms with Crippen LogP contribution < -0.4 is 5.73 Å². The van der Waals surface area contributed by atoms with Crippen LogP contribution in [0.3, 0.4) is 0 Å². The Morgan fingerprint density at radius 1 is 1.53 bits per heavy atom. The number of methoxy groups -OCH3 is 1. The van der Waals surface area contributed by atoms with Gasteiger partial charge in [0.05, 0.1) is 0 Å². The van der Waals surface area contributed by atoms with Crippen LogP contribution in [0.25, 0.3) is 0 Å². The highest BCUT2D eigenvalue weighted by Crippen LogP contribution is 2.36. The minimum absolute atomic E-state index is 0.172. The van der Waals surface area contributed by atoms with Crippen LogP contribution in [0, 0.1) is 5.92 Å². The molecule has 2 unspecified atom stereocenters. The van der Waals surface area contributed by atoms with Crippen molar-refractivity contribution in [3.8, 4) is 0 Å². The maximum atomic E-state index is 6.34. The molecule has 1 aliphatic rings. The van der Waals surface area contributed by atoms with Crippen LogP contribution in [0.4, 0.5) is 0 Å². The Morgan fingerprint density at radius 2 is 2.35 bits per heavy atom. The normalized spacial score (nSPS) is 18.8. The molecule has 0 saturated carbocycles. The third-order valence-corrected chi connectivity index (χ3v) is 5.71. The zero-order valence-electron chi connectivity index (χ0n) is 10.6. The molecule has 0 bridgehead atoms. The Hall–Kier alpha value is -0.0300. The Bertz CT molecular complexity index is 341. The summed E-state index contributed by atoms with van der Waals surface area (Å²) in [7, 11) is 1.75. The van der Waals surface area contributed by atoms with Gasteiger partial charge in [0, 0.05) is 35.3 Å². The molecule has 4 heteroatoms. The maximum Gasteiger partial charge on any atom is 0.0465 e. The van der Waals surface area contributed by atoms with E-state index in [0.29, 0.717) is 5.92 Å². The second kappa shape index (κ2) is 6.23. The molecule has 2 N–H and O–H groups in total. The monoisotopic (exact) mass is 271 g/mol. The lowest BCUT2D eigenvalue weighted by molar-refractivity contribution is 0.175. The fourth-order valence-electron chi connectivity index (χ4n) is 2.10. The van der Waals surface area contributed by atoms with E-state index in [9.17, 15) is 0 Å². The van der Waals surface area contributed by atoms with Gasteiger partial charge in [0.1, 0.15) is 0 Å². The number of hydrogen-bond acceptors (Lipinski definition) is 4. The van der Waals surface area contributed by atoms with Crippen molar-refractivity contribution in [3.63, 3.8) is 0 Å². The van der Waals surface area contributed by atoms with Crippen molar-refractivity contribution in [2.75, 3.05) is 19.5 Å². The third-order valence-electron chi connectivity index (χ3n) is 3.37. The molecule has 0 radical (unpaired) electrons. The quantitative estimate of drug-likeness (QED) is 0.893. The van der Waals surface area contributed by atoms with Gasteiger partial charge in [-0.05, 0) is 36.1 Å². The zero-order chi connectivity index (χ0) is 12.3. The number of thioether (sulfide) groups is 1. The van der Waals surface area contributed by atoms with E-state index in [0.717, 1.165) is 13.0 Å². The molecule has 17 heavy (non-hydrogen) atoms. The average Bonchev–Trinajstić information content (AvgIpc) is 2.78. The van der Waals surface area contributed by atoms with Crippen molar-refractivity contribution in [1.82, 2.24) is 0 Å². The van der Waals surface area contributed by atoms with Gasteiger partial charge in [0.15, 0.2) is 0 Å². The summed E-state index contributed by atoms with van der Waals surface area (Å²) >= 11 is 3.96. The summed E-state index contributed by atoms with van der Waals surface area (Å²) in [5.41, 5.74) is 7.86. The Labute approximate surface area is 112 Å². The van der Waals surface area contributed by atoms with Gasteiger partial charge in [-0.2, -0.15) is 11.8 Å². The Morgan fingerprint density at radius 3 is 3.06 bits per heavy atom. The van der Waals surface area contributed by atoms with Crippen LogP contribution in [0.1, 0.15) is 34.7 Å². The molecule has 2 rings (SSSR count). The lowest BCUT2D eigenvalue weighted by Crippen LogP contribution is -2.19. The summed E-state index contributed by atoms with van der Waals surface area (Å²) in [5, 5.41) is 0. The van der Waals surface area contributed by atoms with E-state index < -0.39 is 0 Å². The molecular formula is C13H21NOS2. The van der Waals surface area contributed by atoms with Gasteiger partial charge >= 0.3 is 0 Å². The number of aryl methyl sites for hydroxylation is 1. The average molecular weight is 271 g/mol. The van der Waals surface area contributed by atoms with Crippen LogP contribution in [-0.4, -0.2) is 19.5 Å². The number of rotatable bonds is 5. The second-order valence-electron chi connectivity index (χ2n) is 4.68. The van der Waals surface area contributed by atoms with Crippen LogP contribution in [0.5, 0.6) is 0 Å². The second-order valence-corrected chi connectivity index (χ2v) is 6.96. The summed E-state index contributed by atoms with van der Waals surface area (Å²) < 4.78 is 5.12. The van der Waals surface area contributed by atoms with E-state index in [1.54, 1.807) is 12.0 Å². The molecule has 0 aromatic carbocycles. The van der Waals surface area contributed by atoms with Crippen LogP contribution >= 0.6 is 23.1 Å². The fourth-order valence-corrected chi connectivity index (χ4v) is 4.61. The van der Waals surface area contributed by atoms with Crippen molar-refractivity contribution < 1.29 is 4.74 Å². The summed E-state index contributed by atoms with van der Waals surface area (Å²) in [6, 6.07) is 2.51. The van der Waals surface area contributed by atoms with Crippen LogP contribution in [0.2, 0.25) is 0 Å². The lowest BCUT2D eigenvalue weighted by Gasteiger charge is -2.18. The summed E-state index contributed by atoms with van der Waals surface area (Å²) in [6.07, 6.45) is 2.26. The number of nitrogens with two attached hydrogens (primary N) is 1. The predicted molar refractivity (Wildman–Crippen MR) is 76.8 cm³/mol. The molecule has 2 nitrogen and oxygen atoms in total. The molecule has 2 atom stereocenters. The van der Waals surface area contributed by atoms with E-state index in [2.05, 4.69) is 13.0 Å². The molecule has 0 spiro atoms. The summed E-state index contributed by atoms with van der Waals surface area (Å²) in [6.45, 7) is 3.02. The van der Waals surface area contributed by atoms with Gasteiger partial charge < -0.3 is 10.5 Å². The number of fused-ring (bicyclic) bond motifs is 1. The maximum absolute atomic E-state index is 6.34. The SMILES string of the molecule is COCCC(C)C(N)c1cc2c(s1)CCSC2. The molecule has 1 aromatic heterocycles. The van der Waals surface area contributed by atoms with Gasteiger partial charge in [0.2, 0.25) is 0 Å². The standard InChI is InChI=1S/C13H21NOS2/c1-9(3-5-15-2)13(14)12-7-10-8-16-6-4-11(10)17-12/h7,9,13H,3-6,8,14H2,1-2H3. The fraction of sp³-hybridized carbons (Fsp3) is 0.692. The van der Waals surface area contributed by atoms with Gasteiger partial charge in [-0.3, -0.25) is 0 Å². The van der Waals surface area contributed by atoms with Crippen molar-refractivity contribution in [3.05, 3.63) is 21.4 Å². The van der Waals surface area contributed by atoms with Crippen molar-refractivity contribution in [2.24, 2.45) is 11.7 Å². The van der Waals surface area contributed by atoms with Gasteiger partial charge in [-0.15, -0.1) is 11.3 Å². The molecule has 1 aliphatic heterocycles. The topological polar surface area (TPSA) is 35.2 Å². The van der Waals surface area contributed by atoms with E-state index in [1.165, 1.54) is 28.4 Å². The van der Waals surface area contributed by atoms with Crippen molar-refractivity contribution in [2.45, 2.75) is 31.6 Å². The molecule has 2 heterocycles. The molecule has 0 aliphatic carbocycles. The van der Waals surface area contributed by atoms with Crippen LogP contribution in [0.15, 0.2) is 6.07 Å². The first-order chi connectivity index (χ1) is 8.22. The van der Waals surface area contributed by atoms with Crippen LogP contribution in [-0.2, 0) is 16.9 Å². The highest BCUT2D eigenvalue weighted by Gasteiger charge is 2.20. The highest BCUT2D eigenvalue weighted by atomic mass is 32.2. The predicted octanol–water partition coefficient (Wildman–Crippen LogP) is 3.21. The number of hydrogen-bond donors (Lipinski definition) is 1. The van der Waals surface area contributed by atoms with E-state index in [1.807, 2.05) is 23.1 Å². The first-order valence-corrected chi connectivity index (χ1v) is 8.13. The molecule has 96 valence electrons. The van der Waals surface area contributed by atoms with Crippen molar-refractivity contribution >= 4 is 23.1 Å². The first kappa shape index (κ1) is 13.4. The third kappa shape index (κ3) is 3.25. The van der Waals surface area contributed by atoms with E-state index >= 15 is 0 Å². The smallest absolute Gasteiger partial charge is 0.0465 e. The minimum Gasteiger partial charge on any atom is -0.385 e. The molecule has 0 fully saturated rings. The molecule has 1 aromatic rings. The zero-order valence-corrected chi connectivity index (χ0v) is 12.2. The Balaban J connectivity index is 2.03. The van der Waals surface area contributed by atoms with Gasteiger partial charge in [-0.1, -0.05) is 6.92 Å². The van der Waals surface area contributed by atoms with Crippen molar-refractivity contribution in [1.29, 1.82) is 0 Å². The van der Waals surface area contributed by atoms with E-state index in [4.69, 9.17) is 10.5 Å².